The summed E-state index contributed by atoms with van der Waals surface area (Å²) in [4.78, 5) is 10.3. The van der Waals surface area contributed by atoms with Crippen LogP contribution < -0.4 is 5.73 Å². The second kappa shape index (κ2) is 6.88. The van der Waals surface area contributed by atoms with E-state index in [-0.39, 0.29) is 0 Å². The van der Waals surface area contributed by atoms with Gasteiger partial charge in [0.25, 0.3) is 0 Å². The number of carboxylic acids is 1. The molecule has 1 rings (SSSR count). The Kier molecular flexibility index (Phi) is 5.40. The minimum absolute atomic E-state index is 0.294. The Morgan fingerprint density at radius 2 is 1.69 bits per heavy atom. The van der Waals surface area contributed by atoms with E-state index >= 15 is 0 Å². The fourth-order valence-corrected chi connectivity index (χ4v) is 1.64. The summed E-state index contributed by atoms with van der Waals surface area (Å²) >= 11 is 0. The van der Waals surface area contributed by atoms with Crippen LogP contribution in [0.2, 0.25) is 0 Å². The number of hydrogen-bond acceptors (Lipinski definition) is 2. The molecule has 0 aromatic heterocycles. The molecule has 3 nitrogen and oxygen atoms in total. The molecule has 0 bridgehead atoms. The molecule has 0 aliphatic carbocycles. The Morgan fingerprint density at radius 1 is 1.06 bits per heavy atom. The van der Waals surface area contributed by atoms with Gasteiger partial charge >= 0.3 is 5.97 Å². The number of aryl methyl sites for hydroxylation is 1. The van der Waals surface area contributed by atoms with Crippen molar-refractivity contribution in [2.75, 3.05) is 5.73 Å². The molecule has 3 heteroatoms. The average Bonchev–Trinajstić information content (AvgIpc) is 2.25. The second-order valence-corrected chi connectivity index (χ2v) is 4.05. The number of unbranched alkanes of at least 4 members (excludes halogenated alkanes) is 3. The molecule has 0 unspecified atom stereocenters. The predicted octanol–water partition coefficient (Wildman–Crippen LogP) is 2.85. The van der Waals surface area contributed by atoms with Crippen molar-refractivity contribution in [1.29, 1.82) is 0 Å². The van der Waals surface area contributed by atoms with Gasteiger partial charge in [-0.1, -0.05) is 25.0 Å². The van der Waals surface area contributed by atoms with Gasteiger partial charge in [-0.05, 0) is 37.0 Å². The fourth-order valence-electron chi connectivity index (χ4n) is 1.64. The lowest BCUT2D eigenvalue weighted by molar-refractivity contribution is -0.137. The van der Waals surface area contributed by atoms with Gasteiger partial charge in [-0.25, -0.2) is 0 Å². The molecule has 0 fully saturated rings. The maximum Gasteiger partial charge on any atom is 0.303 e. The van der Waals surface area contributed by atoms with Crippen LogP contribution in [0.25, 0.3) is 0 Å². The molecule has 3 N–H and O–H groups in total. The van der Waals surface area contributed by atoms with E-state index in [1.54, 1.807) is 0 Å². The lowest BCUT2D eigenvalue weighted by Gasteiger charge is -2.02. The summed E-state index contributed by atoms with van der Waals surface area (Å²) in [6.07, 6.45) is 5.34. The quantitative estimate of drug-likeness (QED) is 0.549. The molecule has 0 aliphatic heterocycles. The van der Waals surface area contributed by atoms with Gasteiger partial charge < -0.3 is 10.8 Å². The van der Waals surface area contributed by atoms with Crippen molar-refractivity contribution in [2.45, 2.75) is 38.5 Å². The Morgan fingerprint density at radius 3 is 2.31 bits per heavy atom. The summed E-state index contributed by atoms with van der Waals surface area (Å²) < 4.78 is 0. The topological polar surface area (TPSA) is 63.3 Å². The second-order valence-electron chi connectivity index (χ2n) is 4.05. The molecule has 0 radical (unpaired) electrons. The number of nitrogens with two attached hydrogens (primary N) is 1. The van der Waals surface area contributed by atoms with Crippen molar-refractivity contribution in [1.82, 2.24) is 0 Å². The van der Waals surface area contributed by atoms with E-state index in [1.807, 2.05) is 24.3 Å². The van der Waals surface area contributed by atoms with Crippen molar-refractivity contribution < 1.29 is 9.90 Å². The number of nitrogen functional groups attached to an aromatic ring is 1. The van der Waals surface area contributed by atoms with Gasteiger partial charge in [-0.2, -0.15) is 0 Å². The predicted molar refractivity (Wildman–Crippen MR) is 65.3 cm³/mol. The highest BCUT2D eigenvalue weighted by atomic mass is 16.4. The molecule has 0 spiro atoms. The summed E-state index contributed by atoms with van der Waals surface area (Å²) in [5.41, 5.74) is 7.69. The maximum absolute atomic E-state index is 10.3. The van der Waals surface area contributed by atoms with Crippen molar-refractivity contribution in [2.24, 2.45) is 0 Å². The third kappa shape index (κ3) is 5.39. The van der Waals surface area contributed by atoms with Crippen LogP contribution in [0.15, 0.2) is 24.3 Å². The zero-order valence-corrected chi connectivity index (χ0v) is 9.48. The number of benzene rings is 1. The van der Waals surface area contributed by atoms with Gasteiger partial charge in [0.05, 0.1) is 0 Å². The third-order valence-corrected chi connectivity index (χ3v) is 2.59. The highest BCUT2D eigenvalue weighted by Gasteiger charge is 1.97. The number of carboxylic acid groups (broad SMARTS) is 1. The molecule has 1 aromatic carbocycles. The summed E-state index contributed by atoms with van der Waals surface area (Å²) in [5.74, 6) is -0.696. The van der Waals surface area contributed by atoms with Gasteiger partial charge in [0.1, 0.15) is 0 Å². The van der Waals surface area contributed by atoms with Gasteiger partial charge in [-0.15, -0.1) is 0 Å². The van der Waals surface area contributed by atoms with Crippen LogP contribution in [-0.2, 0) is 11.2 Å². The summed E-state index contributed by atoms with van der Waals surface area (Å²) in [5, 5.41) is 8.46. The minimum Gasteiger partial charge on any atom is -0.481 e. The molecule has 0 aliphatic rings. The zero-order valence-electron chi connectivity index (χ0n) is 9.48. The van der Waals surface area contributed by atoms with Gasteiger partial charge in [0.15, 0.2) is 0 Å². The Labute approximate surface area is 96.3 Å². The third-order valence-electron chi connectivity index (χ3n) is 2.59. The SMILES string of the molecule is Nc1ccc(CCCCCCC(=O)O)cc1. The molecule has 16 heavy (non-hydrogen) atoms. The average molecular weight is 221 g/mol. The van der Waals surface area contributed by atoms with Gasteiger partial charge in [0, 0.05) is 12.1 Å². The van der Waals surface area contributed by atoms with E-state index in [1.165, 1.54) is 5.56 Å². The summed E-state index contributed by atoms with van der Waals surface area (Å²) in [6, 6.07) is 7.93. The molecule has 0 saturated carbocycles. The first-order valence-corrected chi connectivity index (χ1v) is 5.74. The molecule has 0 heterocycles. The zero-order chi connectivity index (χ0) is 11.8. The van der Waals surface area contributed by atoms with Crippen LogP contribution in [0.1, 0.15) is 37.7 Å². The molecule has 0 amide bonds. The fraction of sp³-hybridized carbons (Fsp3) is 0.462. The number of hydrogen-bond donors (Lipinski definition) is 2. The first kappa shape index (κ1) is 12.6. The Hall–Kier alpha value is -1.51. The number of aliphatic carboxylic acids is 1. The lowest BCUT2D eigenvalue weighted by atomic mass is 10.1. The van der Waals surface area contributed by atoms with Crippen LogP contribution in [0.3, 0.4) is 0 Å². The smallest absolute Gasteiger partial charge is 0.303 e. The van der Waals surface area contributed by atoms with Gasteiger partial charge in [-0.3, -0.25) is 4.79 Å². The first-order chi connectivity index (χ1) is 7.68. The first-order valence-electron chi connectivity index (χ1n) is 5.74. The Balaban J connectivity index is 2.07. The minimum atomic E-state index is -0.696. The Bertz CT molecular complexity index is 319. The molecule has 0 saturated heterocycles. The van der Waals surface area contributed by atoms with Crippen LogP contribution >= 0.6 is 0 Å². The number of carbonyl (C=O) groups is 1. The highest BCUT2D eigenvalue weighted by molar-refractivity contribution is 5.66. The normalized spacial score (nSPS) is 10.2. The van der Waals surface area contributed by atoms with Gasteiger partial charge in [0.2, 0.25) is 0 Å². The molecular weight excluding hydrogens is 202 g/mol. The standard InChI is InChI=1S/C13H19NO2/c14-12-9-7-11(8-10-12)5-3-1-2-4-6-13(15)16/h7-10H,1-6,14H2,(H,15,16). The lowest BCUT2D eigenvalue weighted by Crippen LogP contribution is -1.94. The molecule has 0 atom stereocenters. The van der Waals surface area contributed by atoms with Crippen LogP contribution in [-0.4, -0.2) is 11.1 Å². The van der Waals surface area contributed by atoms with Crippen molar-refractivity contribution in [3.05, 3.63) is 29.8 Å². The van der Waals surface area contributed by atoms with Crippen molar-refractivity contribution in [3.63, 3.8) is 0 Å². The molecule has 88 valence electrons. The highest BCUT2D eigenvalue weighted by Crippen LogP contribution is 2.11. The largest absolute Gasteiger partial charge is 0.481 e. The monoisotopic (exact) mass is 221 g/mol. The van der Waals surface area contributed by atoms with Crippen LogP contribution in [0, 0.1) is 0 Å². The van der Waals surface area contributed by atoms with E-state index in [0.717, 1.165) is 37.8 Å². The molecule has 1 aromatic rings. The number of rotatable bonds is 7. The summed E-state index contributed by atoms with van der Waals surface area (Å²) in [7, 11) is 0. The van der Waals surface area contributed by atoms with Crippen molar-refractivity contribution >= 4 is 11.7 Å². The summed E-state index contributed by atoms with van der Waals surface area (Å²) in [6.45, 7) is 0. The van der Waals surface area contributed by atoms with Crippen LogP contribution in [0.5, 0.6) is 0 Å². The van der Waals surface area contributed by atoms with Crippen LogP contribution in [0.4, 0.5) is 5.69 Å². The van der Waals surface area contributed by atoms with Crippen molar-refractivity contribution in [3.8, 4) is 0 Å². The van der Waals surface area contributed by atoms with E-state index in [9.17, 15) is 4.79 Å². The van der Waals surface area contributed by atoms with E-state index in [4.69, 9.17) is 10.8 Å². The van der Waals surface area contributed by atoms with E-state index in [2.05, 4.69) is 0 Å². The maximum atomic E-state index is 10.3. The molecular formula is C13H19NO2. The van der Waals surface area contributed by atoms with E-state index in [0.29, 0.717) is 6.42 Å². The van der Waals surface area contributed by atoms with E-state index < -0.39 is 5.97 Å². The number of anilines is 1.